The molecule has 1 aliphatic rings. The third-order valence-electron chi connectivity index (χ3n) is 3.66. The second-order valence-electron chi connectivity index (χ2n) is 5.13. The first-order chi connectivity index (χ1) is 8.75. The zero-order valence-electron chi connectivity index (χ0n) is 11.4. The van der Waals surface area contributed by atoms with Gasteiger partial charge in [0.25, 0.3) is 0 Å². The molecule has 2 unspecified atom stereocenters. The van der Waals surface area contributed by atoms with Crippen molar-refractivity contribution in [1.82, 2.24) is 10.2 Å². The molecule has 2 heterocycles. The van der Waals surface area contributed by atoms with Crippen LogP contribution in [0.3, 0.4) is 0 Å². The average molecular weight is 284 g/mol. The molecule has 0 bridgehead atoms. The summed E-state index contributed by atoms with van der Waals surface area (Å²) in [5, 5.41) is 5.79. The molecule has 2 atom stereocenters. The van der Waals surface area contributed by atoms with Crippen LogP contribution in [0.5, 0.6) is 0 Å². The Hall–Kier alpha value is -0.0300. The van der Waals surface area contributed by atoms with Crippen LogP contribution in [-0.2, 0) is 6.42 Å². The molecular weight excluding hydrogens is 260 g/mol. The molecule has 0 saturated carbocycles. The van der Waals surface area contributed by atoms with Crippen LogP contribution in [0, 0.1) is 0 Å². The second-order valence-corrected chi connectivity index (χ2v) is 7.31. The van der Waals surface area contributed by atoms with E-state index < -0.39 is 0 Å². The number of rotatable bonds is 6. The maximum absolute atomic E-state index is 3.61. The van der Waals surface area contributed by atoms with Crippen molar-refractivity contribution in [3.05, 3.63) is 22.4 Å². The number of thioether (sulfide) groups is 1. The molecule has 1 saturated heterocycles. The zero-order chi connectivity index (χ0) is 12.8. The molecule has 102 valence electrons. The van der Waals surface area contributed by atoms with E-state index in [1.165, 1.54) is 42.3 Å². The first-order valence-electron chi connectivity index (χ1n) is 6.79. The molecule has 1 fully saturated rings. The number of nitrogens with zero attached hydrogens (tertiary/aromatic N) is 1. The quantitative estimate of drug-likeness (QED) is 0.865. The fraction of sp³-hybridized carbons (Fsp3) is 0.714. The van der Waals surface area contributed by atoms with Gasteiger partial charge in [-0.3, -0.25) is 0 Å². The van der Waals surface area contributed by atoms with Crippen molar-refractivity contribution < 1.29 is 0 Å². The maximum atomic E-state index is 3.61. The lowest BCUT2D eigenvalue weighted by atomic mass is 10.1. The molecular formula is C14H24N2S2. The highest BCUT2D eigenvalue weighted by Crippen LogP contribution is 2.15. The molecule has 0 radical (unpaired) electrons. The Morgan fingerprint density at radius 1 is 1.56 bits per heavy atom. The van der Waals surface area contributed by atoms with Crippen molar-refractivity contribution in [3.8, 4) is 0 Å². The molecule has 1 aromatic heterocycles. The van der Waals surface area contributed by atoms with E-state index in [-0.39, 0.29) is 0 Å². The number of hydrogen-bond acceptors (Lipinski definition) is 4. The summed E-state index contributed by atoms with van der Waals surface area (Å²) in [5.74, 6) is 2.56. The minimum absolute atomic E-state index is 0.639. The molecule has 1 N–H and O–H groups in total. The summed E-state index contributed by atoms with van der Waals surface area (Å²) in [5.41, 5.74) is 0. The van der Waals surface area contributed by atoms with Crippen LogP contribution in [0.15, 0.2) is 17.5 Å². The Morgan fingerprint density at radius 3 is 3.11 bits per heavy atom. The van der Waals surface area contributed by atoms with Crippen LogP contribution in [0.1, 0.15) is 18.2 Å². The molecule has 4 heteroatoms. The first kappa shape index (κ1) is 14.4. The van der Waals surface area contributed by atoms with Crippen molar-refractivity contribution in [1.29, 1.82) is 0 Å². The van der Waals surface area contributed by atoms with E-state index in [0.29, 0.717) is 6.04 Å². The summed E-state index contributed by atoms with van der Waals surface area (Å²) in [6, 6.07) is 5.75. The van der Waals surface area contributed by atoms with Crippen LogP contribution in [0.25, 0.3) is 0 Å². The lowest BCUT2D eigenvalue weighted by Crippen LogP contribution is -2.41. The van der Waals surface area contributed by atoms with Crippen molar-refractivity contribution in [2.45, 2.75) is 31.8 Å². The molecule has 1 aromatic rings. The summed E-state index contributed by atoms with van der Waals surface area (Å²) in [6.45, 7) is 4.72. The van der Waals surface area contributed by atoms with Crippen LogP contribution >= 0.6 is 23.1 Å². The Kier molecular flexibility index (Phi) is 6.02. The van der Waals surface area contributed by atoms with E-state index in [0.717, 1.165) is 6.04 Å². The molecule has 18 heavy (non-hydrogen) atoms. The monoisotopic (exact) mass is 284 g/mol. The Balaban J connectivity index is 1.68. The van der Waals surface area contributed by atoms with E-state index in [9.17, 15) is 0 Å². The summed E-state index contributed by atoms with van der Waals surface area (Å²) >= 11 is 3.96. The third kappa shape index (κ3) is 4.57. The van der Waals surface area contributed by atoms with Gasteiger partial charge < -0.3 is 10.2 Å². The van der Waals surface area contributed by atoms with Crippen molar-refractivity contribution in [2.24, 2.45) is 0 Å². The van der Waals surface area contributed by atoms with Gasteiger partial charge in [0, 0.05) is 35.0 Å². The summed E-state index contributed by atoms with van der Waals surface area (Å²) in [7, 11) is 2.26. The Labute approximate surface area is 119 Å². The fourth-order valence-corrected chi connectivity index (χ4v) is 4.09. The third-order valence-corrected chi connectivity index (χ3v) is 5.69. The second kappa shape index (κ2) is 7.53. The van der Waals surface area contributed by atoms with E-state index in [1.807, 2.05) is 11.3 Å². The topological polar surface area (TPSA) is 15.3 Å². The standard InChI is InChI=1S/C14H24N2S2/c1-12(10-14-4-3-8-18-14)16(2)7-5-13-11-17-9-6-15-13/h3-4,8,12-13,15H,5-7,9-11H2,1-2H3. The Morgan fingerprint density at radius 2 is 2.44 bits per heavy atom. The summed E-state index contributed by atoms with van der Waals surface area (Å²) in [4.78, 5) is 4.00. The van der Waals surface area contributed by atoms with Gasteiger partial charge in [0.15, 0.2) is 0 Å². The predicted molar refractivity (Wildman–Crippen MR) is 83.8 cm³/mol. The summed E-state index contributed by atoms with van der Waals surface area (Å²) < 4.78 is 0. The largest absolute Gasteiger partial charge is 0.312 e. The lowest BCUT2D eigenvalue weighted by Gasteiger charge is -2.28. The van der Waals surface area contributed by atoms with Crippen LogP contribution in [0.4, 0.5) is 0 Å². The molecule has 1 aliphatic heterocycles. The van der Waals surface area contributed by atoms with Gasteiger partial charge in [0.05, 0.1) is 0 Å². The van der Waals surface area contributed by atoms with Crippen molar-refractivity contribution in [3.63, 3.8) is 0 Å². The van der Waals surface area contributed by atoms with E-state index >= 15 is 0 Å². The zero-order valence-corrected chi connectivity index (χ0v) is 13.0. The van der Waals surface area contributed by atoms with Gasteiger partial charge >= 0.3 is 0 Å². The number of hydrogen-bond donors (Lipinski definition) is 1. The molecule has 0 spiro atoms. The average Bonchev–Trinajstić information content (AvgIpc) is 2.90. The van der Waals surface area contributed by atoms with Gasteiger partial charge in [0.2, 0.25) is 0 Å². The smallest absolute Gasteiger partial charge is 0.0170 e. The van der Waals surface area contributed by atoms with Crippen LogP contribution in [0.2, 0.25) is 0 Å². The molecule has 0 amide bonds. The molecule has 2 nitrogen and oxygen atoms in total. The fourth-order valence-electron chi connectivity index (χ4n) is 2.26. The van der Waals surface area contributed by atoms with Gasteiger partial charge in [-0.25, -0.2) is 0 Å². The minimum Gasteiger partial charge on any atom is -0.312 e. The number of nitrogens with one attached hydrogen (secondary N) is 1. The van der Waals surface area contributed by atoms with Gasteiger partial charge in [0.1, 0.15) is 0 Å². The number of likely N-dealkylation sites (N-methyl/N-ethyl adjacent to an activating group) is 1. The van der Waals surface area contributed by atoms with Gasteiger partial charge in [-0.2, -0.15) is 11.8 Å². The SMILES string of the molecule is CC(Cc1cccs1)N(C)CCC1CSCCN1. The summed E-state index contributed by atoms with van der Waals surface area (Å²) in [6.07, 6.45) is 2.46. The van der Waals surface area contributed by atoms with E-state index in [1.54, 1.807) is 0 Å². The van der Waals surface area contributed by atoms with Crippen LogP contribution < -0.4 is 5.32 Å². The number of thiophene rings is 1. The maximum Gasteiger partial charge on any atom is 0.0170 e. The van der Waals surface area contributed by atoms with Crippen LogP contribution in [-0.4, -0.2) is 48.6 Å². The molecule has 0 aliphatic carbocycles. The normalized spacial score (nSPS) is 22.3. The first-order valence-corrected chi connectivity index (χ1v) is 8.83. The van der Waals surface area contributed by atoms with Gasteiger partial charge in [-0.15, -0.1) is 11.3 Å². The van der Waals surface area contributed by atoms with Crippen molar-refractivity contribution >= 4 is 23.1 Å². The van der Waals surface area contributed by atoms with E-state index in [4.69, 9.17) is 0 Å². The highest BCUT2D eigenvalue weighted by atomic mass is 32.2. The van der Waals surface area contributed by atoms with Crippen molar-refractivity contribution in [2.75, 3.05) is 31.6 Å². The van der Waals surface area contributed by atoms with Gasteiger partial charge in [-0.05, 0) is 44.8 Å². The van der Waals surface area contributed by atoms with E-state index in [2.05, 4.69) is 53.5 Å². The highest BCUT2D eigenvalue weighted by Gasteiger charge is 2.15. The highest BCUT2D eigenvalue weighted by molar-refractivity contribution is 7.99. The lowest BCUT2D eigenvalue weighted by molar-refractivity contribution is 0.244. The Bertz CT molecular complexity index is 321. The van der Waals surface area contributed by atoms with Gasteiger partial charge in [-0.1, -0.05) is 6.07 Å². The minimum atomic E-state index is 0.639. The molecule has 0 aromatic carbocycles. The predicted octanol–water partition coefficient (Wildman–Crippen LogP) is 2.71. The molecule has 2 rings (SSSR count).